The Hall–Kier alpha value is -2.11. The molecule has 3 N–H and O–H groups in total. The van der Waals surface area contributed by atoms with Crippen LogP contribution in [-0.4, -0.2) is 34.7 Å². The molecule has 1 fully saturated rings. The number of rotatable bonds is 9. The highest BCUT2D eigenvalue weighted by atomic mass is 16.5. The molecule has 1 aromatic carbocycles. The summed E-state index contributed by atoms with van der Waals surface area (Å²) in [4.78, 5) is 12.7. The first-order chi connectivity index (χ1) is 13.9. The second-order valence-electron chi connectivity index (χ2n) is 8.60. The second-order valence-corrected chi connectivity index (χ2v) is 8.60. The number of aliphatic hydroxyl groups excluding tert-OH is 1. The summed E-state index contributed by atoms with van der Waals surface area (Å²) in [6.07, 6.45) is 5.97. The molecule has 2 aromatic rings. The van der Waals surface area contributed by atoms with Crippen LogP contribution in [0.4, 0.5) is 0 Å². The zero-order valence-corrected chi connectivity index (χ0v) is 17.9. The molecule has 1 heterocycles. The molecule has 5 heteroatoms. The average Bonchev–Trinajstić information content (AvgIpc) is 3.28. The molecule has 0 bridgehead atoms. The van der Waals surface area contributed by atoms with Gasteiger partial charge in [0.25, 0.3) is 0 Å². The Kier molecular flexibility index (Phi) is 6.81. The van der Waals surface area contributed by atoms with E-state index in [4.69, 9.17) is 10.5 Å². The summed E-state index contributed by atoms with van der Waals surface area (Å²) in [6.45, 7) is 2.08. The summed E-state index contributed by atoms with van der Waals surface area (Å²) in [6, 6.07) is 10.3. The van der Waals surface area contributed by atoms with E-state index in [0.29, 0.717) is 12.3 Å². The van der Waals surface area contributed by atoms with Crippen LogP contribution in [0.3, 0.4) is 0 Å². The van der Waals surface area contributed by atoms with E-state index in [2.05, 4.69) is 25.1 Å². The van der Waals surface area contributed by atoms with Crippen LogP contribution in [0.1, 0.15) is 71.8 Å². The van der Waals surface area contributed by atoms with Crippen LogP contribution in [0.5, 0.6) is 5.75 Å². The highest BCUT2D eigenvalue weighted by molar-refractivity contribution is 5.94. The van der Waals surface area contributed by atoms with E-state index >= 15 is 0 Å². The molecule has 0 radical (unpaired) electrons. The number of methoxy groups -OCH3 is 1. The van der Waals surface area contributed by atoms with E-state index in [1.54, 1.807) is 7.11 Å². The van der Waals surface area contributed by atoms with E-state index in [9.17, 15) is 9.90 Å². The zero-order chi connectivity index (χ0) is 21.0. The number of unbranched alkanes of at least 4 members (excludes halogenated alkanes) is 1. The van der Waals surface area contributed by atoms with E-state index < -0.39 is 5.54 Å². The van der Waals surface area contributed by atoms with Crippen LogP contribution in [0.15, 0.2) is 30.3 Å². The normalized spacial score (nSPS) is 21.5. The average molecular weight is 399 g/mol. The first-order valence-corrected chi connectivity index (χ1v) is 10.6. The Morgan fingerprint density at radius 1 is 1.31 bits per heavy atom. The maximum atomic E-state index is 12.7. The van der Waals surface area contributed by atoms with Crippen molar-refractivity contribution in [1.82, 2.24) is 4.57 Å². The minimum atomic E-state index is -0.473. The highest BCUT2D eigenvalue weighted by Crippen LogP contribution is 2.39. The molecule has 29 heavy (non-hydrogen) atoms. The van der Waals surface area contributed by atoms with Crippen LogP contribution >= 0.6 is 0 Å². The van der Waals surface area contributed by atoms with Gasteiger partial charge in [-0.25, -0.2) is 0 Å². The first-order valence-electron chi connectivity index (χ1n) is 10.6. The van der Waals surface area contributed by atoms with Gasteiger partial charge >= 0.3 is 0 Å². The number of nitrogens with two attached hydrogens (primary N) is 1. The number of nitrogens with zero attached hydrogens (tertiary/aromatic N) is 1. The number of aryl methyl sites for hydroxylation is 2. The maximum Gasteiger partial charge on any atom is 0.179 e. The smallest absolute Gasteiger partial charge is 0.179 e. The summed E-state index contributed by atoms with van der Waals surface area (Å²) in [7, 11) is 3.66. The lowest BCUT2D eigenvalue weighted by atomic mass is 9.97. The number of aliphatic hydroxyl groups is 1. The third-order valence-electron chi connectivity index (χ3n) is 6.40. The maximum absolute atomic E-state index is 12.7. The Morgan fingerprint density at radius 2 is 2.10 bits per heavy atom. The molecule has 3 rings (SSSR count). The largest absolute Gasteiger partial charge is 0.496 e. The lowest BCUT2D eigenvalue weighted by molar-refractivity contribution is 0.0971. The van der Waals surface area contributed by atoms with Gasteiger partial charge in [0.05, 0.1) is 19.4 Å². The van der Waals surface area contributed by atoms with E-state index in [0.717, 1.165) is 61.2 Å². The lowest BCUT2D eigenvalue weighted by Crippen LogP contribution is -2.40. The van der Waals surface area contributed by atoms with Crippen molar-refractivity contribution < 1.29 is 14.6 Å². The van der Waals surface area contributed by atoms with Crippen molar-refractivity contribution in [3.8, 4) is 5.75 Å². The summed E-state index contributed by atoms with van der Waals surface area (Å²) in [5, 5.41) is 9.50. The third-order valence-corrected chi connectivity index (χ3v) is 6.40. The van der Waals surface area contributed by atoms with Crippen LogP contribution < -0.4 is 10.5 Å². The van der Waals surface area contributed by atoms with Crippen molar-refractivity contribution in [1.29, 1.82) is 0 Å². The summed E-state index contributed by atoms with van der Waals surface area (Å²) in [5.74, 6) is 1.43. The van der Waals surface area contributed by atoms with Crippen molar-refractivity contribution in [3.63, 3.8) is 0 Å². The molecule has 2 atom stereocenters. The summed E-state index contributed by atoms with van der Waals surface area (Å²) >= 11 is 0. The number of hydrogen-bond acceptors (Lipinski definition) is 4. The SMILES string of the molecule is COc1ccc(CCCCC(=O)c2ccc([C@H]3CC[C@](N)(CO)C3)n2C)cc1C. The quantitative estimate of drug-likeness (QED) is 0.496. The fourth-order valence-electron chi connectivity index (χ4n) is 4.61. The zero-order valence-electron chi connectivity index (χ0n) is 17.9. The van der Waals surface area contributed by atoms with Gasteiger partial charge in [-0.15, -0.1) is 0 Å². The van der Waals surface area contributed by atoms with E-state index in [1.807, 2.05) is 23.7 Å². The topological polar surface area (TPSA) is 77.5 Å². The second kappa shape index (κ2) is 9.14. The Morgan fingerprint density at radius 3 is 2.76 bits per heavy atom. The van der Waals surface area contributed by atoms with Gasteiger partial charge in [0.1, 0.15) is 5.75 Å². The van der Waals surface area contributed by atoms with Gasteiger partial charge in [0, 0.05) is 30.6 Å². The van der Waals surface area contributed by atoms with Crippen molar-refractivity contribution in [2.45, 2.75) is 63.3 Å². The van der Waals surface area contributed by atoms with Gasteiger partial charge in [-0.1, -0.05) is 12.1 Å². The molecule has 5 nitrogen and oxygen atoms in total. The minimum absolute atomic E-state index is 0.0213. The van der Waals surface area contributed by atoms with Crippen molar-refractivity contribution in [2.75, 3.05) is 13.7 Å². The fraction of sp³-hybridized carbons (Fsp3) is 0.542. The molecule has 1 aliphatic carbocycles. The number of ketones is 1. The standard InChI is InChI=1S/C24H34N2O3/c1-17-14-18(8-11-23(17)29-3)6-4-5-7-22(28)21-10-9-20(26(21)2)19-12-13-24(25,15-19)16-27/h8-11,14,19,27H,4-7,12-13,15-16,25H2,1-3H3/t19-,24+/m0/s1. The number of ether oxygens (including phenoxy) is 1. The van der Waals surface area contributed by atoms with Crippen LogP contribution in [0, 0.1) is 6.92 Å². The summed E-state index contributed by atoms with van der Waals surface area (Å²) < 4.78 is 7.34. The van der Waals surface area contributed by atoms with Gasteiger partial charge in [0.15, 0.2) is 5.78 Å². The number of hydrogen-bond donors (Lipinski definition) is 2. The molecule has 0 aliphatic heterocycles. The molecule has 1 saturated carbocycles. The molecule has 1 aliphatic rings. The Labute approximate surface area is 173 Å². The van der Waals surface area contributed by atoms with Gasteiger partial charge in [-0.3, -0.25) is 4.79 Å². The predicted octanol–water partition coefficient (Wildman–Crippen LogP) is 3.90. The van der Waals surface area contributed by atoms with Crippen LogP contribution in [-0.2, 0) is 13.5 Å². The molecule has 0 unspecified atom stereocenters. The number of carbonyl (C=O) groups excluding carboxylic acids is 1. The van der Waals surface area contributed by atoms with Gasteiger partial charge < -0.3 is 20.1 Å². The third kappa shape index (κ3) is 4.90. The number of carbonyl (C=O) groups is 1. The molecule has 1 aromatic heterocycles. The molecule has 0 saturated heterocycles. The molecule has 158 valence electrons. The predicted molar refractivity (Wildman–Crippen MR) is 116 cm³/mol. The molecule has 0 spiro atoms. The van der Waals surface area contributed by atoms with Crippen molar-refractivity contribution in [2.24, 2.45) is 12.8 Å². The molecular weight excluding hydrogens is 364 g/mol. The van der Waals surface area contributed by atoms with E-state index in [1.165, 1.54) is 5.56 Å². The Bertz CT molecular complexity index is 858. The minimum Gasteiger partial charge on any atom is -0.496 e. The number of aromatic nitrogens is 1. The van der Waals surface area contributed by atoms with Crippen LogP contribution in [0.25, 0.3) is 0 Å². The molecular formula is C24H34N2O3. The monoisotopic (exact) mass is 398 g/mol. The highest BCUT2D eigenvalue weighted by Gasteiger charge is 2.37. The number of Topliss-reactive ketones (excluding diaryl/α,β-unsaturated/α-hetero) is 1. The van der Waals surface area contributed by atoms with Gasteiger partial charge in [-0.2, -0.15) is 0 Å². The fourth-order valence-corrected chi connectivity index (χ4v) is 4.61. The molecule has 0 amide bonds. The summed E-state index contributed by atoms with van der Waals surface area (Å²) in [5.41, 5.74) is 10.1. The first kappa shape index (κ1) is 21.6. The van der Waals surface area contributed by atoms with Gasteiger partial charge in [0.2, 0.25) is 0 Å². The number of benzene rings is 1. The lowest BCUT2D eigenvalue weighted by Gasteiger charge is -2.21. The van der Waals surface area contributed by atoms with Crippen LogP contribution in [0.2, 0.25) is 0 Å². The Balaban J connectivity index is 1.51. The van der Waals surface area contributed by atoms with Crippen molar-refractivity contribution >= 4 is 5.78 Å². The van der Waals surface area contributed by atoms with Crippen molar-refractivity contribution in [3.05, 3.63) is 52.8 Å². The van der Waals surface area contributed by atoms with Gasteiger partial charge in [-0.05, 0) is 74.8 Å². The van der Waals surface area contributed by atoms with E-state index in [-0.39, 0.29) is 12.4 Å².